The molecule has 0 bridgehead atoms. The zero-order chi connectivity index (χ0) is 35.7. The number of fused-ring (bicyclic) bond motifs is 6. The minimum absolute atomic E-state index is 0.206. The van der Waals surface area contributed by atoms with E-state index in [4.69, 9.17) is 17.4 Å². The lowest BCUT2D eigenvalue weighted by molar-refractivity contribution is 0.0949. The first-order valence-corrected chi connectivity index (χ1v) is 17.6. The normalized spacial score (nSPS) is 10.5. The number of amides is 2. The molecule has 11 heteroatoms. The highest BCUT2D eigenvalue weighted by atomic mass is 79.9. The number of carbonyl (C=O) groups is 2. The Kier molecular flexibility index (Phi) is 11.5. The van der Waals surface area contributed by atoms with E-state index in [2.05, 4.69) is 76.9 Å². The lowest BCUT2D eigenvalue weighted by Crippen LogP contribution is -2.29. The van der Waals surface area contributed by atoms with Gasteiger partial charge >= 0.3 is 0 Å². The van der Waals surface area contributed by atoms with Gasteiger partial charge in [-0.1, -0.05) is 128 Å². The Bertz CT molecular complexity index is 2500. The number of pyridine rings is 2. The van der Waals surface area contributed by atoms with Crippen LogP contribution in [0.15, 0.2) is 155 Å². The van der Waals surface area contributed by atoms with Crippen LogP contribution in [0, 0.1) is 0 Å². The smallest absolute Gasteiger partial charge is 0.269 e. The van der Waals surface area contributed by atoms with Crippen molar-refractivity contribution in [3.8, 4) is 0 Å². The Labute approximate surface area is 315 Å². The summed E-state index contributed by atoms with van der Waals surface area (Å²) in [5.41, 5.74) is 10.7. The molecule has 0 saturated heterocycles. The maximum Gasteiger partial charge on any atom is 0.269 e. The number of hydrazine groups is 2. The van der Waals surface area contributed by atoms with Gasteiger partial charge in [0.1, 0.15) is 5.15 Å². The number of nitrogen functional groups attached to an aromatic ring is 1. The molecule has 0 spiro atoms. The number of rotatable bonds is 4. The van der Waals surface area contributed by atoms with Crippen molar-refractivity contribution in [1.82, 2.24) is 20.8 Å². The highest BCUT2D eigenvalue weighted by Crippen LogP contribution is 2.32. The van der Waals surface area contributed by atoms with Gasteiger partial charge in [-0.2, -0.15) is 0 Å². The van der Waals surface area contributed by atoms with Gasteiger partial charge in [0.2, 0.25) is 0 Å². The molecule has 6 aromatic carbocycles. The molecule has 0 unspecified atom stereocenters. The number of carbonyl (C=O) groups excluding carboxylic acids is 2. The van der Waals surface area contributed by atoms with Crippen molar-refractivity contribution in [1.29, 1.82) is 0 Å². The molecule has 0 fully saturated rings. The Morgan fingerprint density at radius 2 is 0.980 bits per heavy atom. The standard InChI is InChI=1S/C20H14BrN3O.C13H7BrClN.C7H8N2O/c21-14-10-11-18-17(12-14)15-8-4-5-9-16(15)19(22-18)23-24-20(25)13-6-2-1-3-7-13;14-8-5-6-12-11(7-8)9-3-1-2-4-10(9)13(15)16-12;8-9-7(10)6-4-2-1-3-5-6/h1-12H,(H,22,23)(H,24,25);1-7H;1-5H,8H2,(H,9,10). The topological polar surface area (TPSA) is 122 Å². The summed E-state index contributed by atoms with van der Waals surface area (Å²) in [5, 5.41) is 6.89. The predicted octanol–water partition coefficient (Wildman–Crippen LogP) is 10.0. The molecule has 51 heavy (non-hydrogen) atoms. The largest absolute Gasteiger partial charge is 0.290 e. The van der Waals surface area contributed by atoms with Crippen LogP contribution in [0.2, 0.25) is 5.15 Å². The first-order chi connectivity index (χ1) is 24.8. The van der Waals surface area contributed by atoms with E-state index in [1.165, 1.54) is 0 Å². The van der Waals surface area contributed by atoms with Crippen LogP contribution in [-0.2, 0) is 0 Å². The van der Waals surface area contributed by atoms with E-state index in [0.717, 1.165) is 52.3 Å². The lowest BCUT2D eigenvalue weighted by Gasteiger charge is -2.12. The molecule has 0 aliphatic rings. The summed E-state index contributed by atoms with van der Waals surface area (Å²) in [4.78, 5) is 32.1. The van der Waals surface area contributed by atoms with Gasteiger partial charge < -0.3 is 0 Å². The fourth-order valence-corrected chi connectivity index (χ4v) is 6.34. The minimum Gasteiger partial charge on any atom is -0.290 e. The Hall–Kier alpha value is -5.39. The second-order valence-corrected chi connectivity index (χ2v) is 13.3. The molecule has 5 N–H and O–H groups in total. The molecule has 252 valence electrons. The van der Waals surface area contributed by atoms with Crippen molar-refractivity contribution in [3.05, 3.63) is 171 Å². The Balaban J connectivity index is 0.000000147. The zero-order valence-electron chi connectivity index (χ0n) is 26.8. The van der Waals surface area contributed by atoms with Crippen molar-refractivity contribution in [2.24, 2.45) is 5.84 Å². The van der Waals surface area contributed by atoms with E-state index in [1.54, 1.807) is 36.4 Å². The fourth-order valence-electron chi connectivity index (χ4n) is 5.36. The third-order valence-electron chi connectivity index (χ3n) is 7.78. The second-order valence-electron chi connectivity index (χ2n) is 11.1. The first kappa shape index (κ1) is 35.4. The van der Waals surface area contributed by atoms with Crippen LogP contribution in [0.25, 0.3) is 43.4 Å². The van der Waals surface area contributed by atoms with E-state index in [1.807, 2.05) is 90.4 Å². The Morgan fingerprint density at radius 3 is 1.53 bits per heavy atom. The molecule has 0 radical (unpaired) electrons. The second kappa shape index (κ2) is 16.5. The number of benzene rings is 6. The molecule has 2 aromatic heterocycles. The number of hydrogen-bond donors (Lipinski definition) is 4. The van der Waals surface area contributed by atoms with Gasteiger partial charge in [-0.3, -0.25) is 25.9 Å². The van der Waals surface area contributed by atoms with Crippen LogP contribution in [0.5, 0.6) is 0 Å². The fraction of sp³-hybridized carbons (Fsp3) is 0. The molecule has 8 rings (SSSR count). The zero-order valence-corrected chi connectivity index (χ0v) is 30.7. The van der Waals surface area contributed by atoms with Crippen LogP contribution >= 0.6 is 43.5 Å². The van der Waals surface area contributed by atoms with E-state index >= 15 is 0 Å². The first-order valence-electron chi connectivity index (χ1n) is 15.6. The maximum absolute atomic E-state index is 12.3. The van der Waals surface area contributed by atoms with Gasteiger partial charge in [-0.05, 0) is 71.4 Å². The number of hydrogen-bond acceptors (Lipinski definition) is 6. The monoisotopic (exact) mass is 818 g/mol. The summed E-state index contributed by atoms with van der Waals surface area (Å²) in [6.07, 6.45) is 0. The number of nitrogens with zero attached hydrogens (tertiary/aromatic N) is 2. The number of anilines is 1. The predicted molar refractivity (Wildman–Crippen MR) is 215 cm³/mol. The highest BCUT2D eigenvalue weighted by Gasteiger charge is 2.11. The molecular weight excluding hydrogens is 792 g/mol. The van der Waals surface area contributed by atoms with Crippen LogP contribution in [0.1, 0.15) is 20.7 Å². The van der Waals surface area contributed by atoms with Gasteiger partial charge in [-0.25, -0.2) is 15.8 Å². The van der Waals surface area contributed by atoms with Gasteiger partial charge in [0.15, 0.2) is 5.82 Å². The number of nitrogens with two attached hydrogens (primary N) is 1. The van der Waals surface area contributed by atoms with E-state index in [-0.39, 0.29) is 11.8 Å². The molecule has 0 saturated carbocycles. The average molecular weight is 821 g/mol. The number of nitrogens with one attached hydrogen (secondary N) is 3. The molecule has 0 aliphatic carbocycles. The molecular formula is C40H29Br2ClN6O2. The number of halogens is 3. The van der Waals surface area contributed by atoms with Gasteiger partial charge in [0.25, 0.3) is 11.8 Å². The third-order valence-corrected chi connectivity index (χ3v) is 9.05. The summed E-state index contributed by atoms with van der Waals surface area (Å²) >= 11 is 13.1. The van der Waals surface area contributed by atoms with E-state index in [0.29, 0.717) is 22.1 Å². The molecule has 2 heterocycles. The van der Waals surface area contributed by atoms with Crippen molar-refractivity contribution in [3.63, 3.8) is 0 Å². The van der Waals surface area contributed by atoms with Crippen molar-refractivity contribution < 1.29 is 9.59 Å². The lowest BCUT2D eigenvalue weighted by atomic mass is 10.1. The van der Waals surface area contributed by atoms with Crippen molar-refractivity contribution in [2.45, 2.75) is 0 Å². The summed E-state index contributed by atoms with van der Waals surface area (Å²) in [7, 11) is 0. The molecule has 0 atom stereocenters. The van der Waals surface area contributed by atoms with Crippen LogP contribution in [0.3, 0.4) is 0 Å². The maximum atomic E-state index is 12.3. The van der Waals surface area contributed by atoms with Gasteiger partial charge in [0.05, 0.1) is 11.0 Å². The minimum atomic E-state index is -0.263. The van der Waals surface area contributed by atoms with Crippen molar-refractivity contribution in [2.75, 3.05) is 5.43 Å². The van der Waals surface area contributed by atoms with Crippen LogP contribution < -0.4 is 22.1 Å². The summed E-state index contributed by atoms with van der Waals surface area (Å²) < 4.78 is 2.05. The highest BCUT2D eigenvalue weighted by molar-refractivity contribution is 9.10. The molecule has 8 aromatic rings. The summed E-state index contributed by atoms with van der Waals surface area (Å²) in [6.45, 7) is 0. The summed E-state index contributed by atoms with van der Waals surface area (Å²) in [6, 6.07) is 45.9. The SMILES string of the molecule is Clc1nc2ccc(Br)cc2c2ccccc12.NNC(=O)c1ccccc1.O=C(NNc1nc2ccc(Br)cc2c2ccccc12)c1ccccc1. The van der Waals surface area contributed by atoms with E-state index < -0.39 is 0 Å². The van der Waals surface area contributed by atoms with E-state index in [9.17, 15) is 9.59 Å². The van der Waals surface area contributed by atoms with Crippen molar-refractivity contribution >= 4 is 104 Å². The molecule has 2 amide bonds. The van der Waals surface area contributed by atoms with Crippen LogP contribution in [-0.4, -0.2) is 21.8 Å². The quantitative estimate of drug-likeness (QED) is 0.0461. The third kappa shape index (κ3) is 8.50. The molecule has 0 aliphatic heterocycles. The molecule has 8 nitrogen and oxygen atoms in total. The van der Waals surface area contributed by atoms with Crippen LogP contribution in [0.4, 0.5) is 5.82 Å². The Morgan fingerprint density at radius 1 is 0.529 bits per heavy atom. The summed E-state index contributed by atoms with van der Waals surface area (Å²) in [5.74, 6) is 5.06. The number of aromatic nitrogens is 2. The van der Waals surface area contributed by atoms with Gasteiger partial charge in [0, 0.05) is 41.6 Å². The van der Waals surface area contributed by atoms with Gasteiger partial charge in [-0.15, -0.1) is 0 Å². The average Bonchev–Trinajstić information content (AvgIpc) is 3.18.